The minimum absolute atomic E-state index is 0.126. The van der Waals surface area contributed by atoms with E-state index in [1.54, 1.807) is 0 Å². The molecule has 0 aromatic heterocycles. The van der Waals surface area contributed by atoms with E-state index in [0.29, 0.717) is 6.04 Å². The van der Waals surface area contributed by atoms with Crippen LogP contribution in [0.1, 0.15) is 31.4 Å². The van der Waals surface area contributed by atoms with Gasteiger partial charge in [0.25, 0.3) is 0 Å². The van der Waals surface area contributed by atoms with Crippen LogP contribution in [0.3, 0.4) is 0 Å². The van der Waals surface area contributed by atoms with Crippen LogP contribution >= 0.6 is 0 Å². The summed E-state index contributed by atoms with van der Waals surface area (Å²) in [6.07, 6.45) is 1.31. The number of aliphatic hydroxyl groups is 1. The van der Waals surface area contributed by atoms with Gasteiger partial charge in [0.15, 0.2) is 0 Å². The van der Waals surface area contributed by atoms with Gasteiger partial charge in [-0.1, -0.05) is 24.3 Å². The molecule has 0 aliphatic carbocycles. The zero-order valence-electron chi connectivity index (χ0n) is 12.1. The van der Waals surface area contributed by atoms with E-state index < -0.39 is 0 Å². The summed E-state index contributed by atoms with van der Waals surface area (Å²) in [7, 11) is 0. The third-order valence-electron chi connectivity index (χ3n) is 4.02. The maximum absolute atomic E-state index is 9.00. The predicted octanol–water partition coefficient (Wildman–Crippen LogP) is 2.00. The zero-order chi connectivity index (χ0) is 13.7. The lowest BCUT2D eigenvalue weighted by Gasteiger charge is -2.20. The zero-order valence-corrected chi connectivity index (χ0v) is 12.1. The Hall–Kier alpha value is -0.900. The molecule has 3 heteroatoms. The Labute approximate surface area is 116 Å². The summed E-state index contributed by atoms with van der Waals surface area (Å²) in [5.41, 5.74) is 2.27. The molecule has 1 fully saturated rings. The van der Waals surface area contributed by atoms with Crippen LogP contribution < -0.4 is 5.32 Å². The van der Waals surface area contributed by atoms with E-state index in [0.717, 1.165) is 24.6 Å². The first kappa shape index (κ1) is 14.5. The van der Waals surface area contributed by atoms with Crippen LogP contribution in [-0.2, 0) is 13.2 Å². The molecule has 1 saturated heterocycles. The minimum atomic E-state index is 0.126. The number of hydrogen-bond acceptors (Lipinski definition) is 3. The first-order chi connectivity index (χ1) is 9.19. The Kier molecular flexibility index (Phi) is 5.37. The minimum Gasteiger partial charge on any atom is -0.392 e. The van der Waals surface area contributed by atoms with Crippen molar-refractivity contribution in [3.05, 3.63) is 35.4 Å². The van der Waals surface area contributed by atoms with E-state index in [4.69, 9.17) is 5.11 Å². The van der Waals surface area contributed by atoms with Crippen molar-refractivity contribution in [1.82, 2.24) is 10.2 Å². The molecule has 1 aromatic rings. The van der Waals surface area contributed by atoms with E-state index in [1.807, 2.05) is 12.1 Å². The number of nitrogens with zero attached hydrogens (tertiary/aromatic N) is 1. The Bertz CT molecular complexity index is 375. The van der Waals surface area contributed by atoms with E-state index in [1.165, 1.54) is 25.1 Å². The fourth-order valence-corrected chi connectivity index (χ4v) is 2.68. The summed E-state index contributed by atoms with van der Waals surface area (Å²) < 4.78 is 0. The van der Waals surface area contributed by atoms with Gasteiger partial charge in [0.05, 0.1) is 6.61 Å². The highest BCUT2D eigenvalue weighted by molar-refractivity contribution is 5.21. The molecule has 0 radical (unpaired) electrons. The first-order valence-electron chi connectivity index (χ1n) is 7.32. The van der Waals surface area contributed by atoms with Crippen LogP contribution in [-0.4, -0.2) is 35.7 Å². The summed E-state index contributed by atoms with van der Waals surface area (Å²) in [6.45, 7) is 9.18. The molecule has 19 heavy (non-hydrogen) atoms. The lowest BCUT2D eigenvalue weighted by Crippen LogP contribution is -2.30. The van der Waals surface area contributed by atoms with E-state index >= 15 is 0 Å². The third-order valence-corrected chi connectivity index (χ3v) is 4.02. The molecule has 1 aliphatic rings. The lowest BCUT2D eigenvalue weighted by atomic mass is 10.1. The van der Waals surface area contributed by atoms with Crippen LogP contribution in [0, 0.1) is 5.92 Å². The SMILES string of the molecule is CC(C)N1CCC(CNCc2ccc(CO)cc2)C1. The Morgan fingerprint density at radius 2 is 1.95 bits per heavy atom. The summed E-state index contributed by atoms with van der Waals surface area (Å²) in [5.74, 6) is 0.791. The fraction of sp³-hybridized carbons (Fsp3) is 0.625. The molecule has 106 valence electrons. The maximum atomic E-state index is 9.00. The normalized spacial score (nSPS) is 20.3. The van der Waals surface area contributed by atoms with Crippen molar-refractivity contribution >= 4 is 0 Å². The van der Waals surface area contributed by atoms with Gasteiger partial charge in [-0.3, -0.25) is 0 Å². The van der Waals surface area contributed by atoms with E-state index in [9.17, 15) is 0 Å². The molecule has 1 atom stereocenters. The predicted molar refractivity (Wildman–Crippen MR) is 78.9 cm³/mol. The van der Waals surface area contributed by atoms with Crippen molar-refractivity contribution in [1.29, 1.82) is 0 Å². The van der Waals surface area contributed by atoms with Gasteiger partial charge >= 0.3 is 0 Å². The molecule has 3 nitrogen and oxygen atoms in total. The summed E-state index contributed by atoms with van der Waals surface area (Å²) in [5, 5.41) is 12.5. The third kappa shape index (κ3) is 4.30. The second kappa shape index (κ2) is 7.04. The maximum Gasteiger partial charge on any atom is 0.0681 e. The van der Waals surface area contributed by atoms with Crippen molar-refractivity contribution in [2.75, 3.05) is 19.6 Å². The van der Waals surface area contributed by atoms with Crippen molar-refractivity contribution < 1.29 is 5.11 Å². The van der Waals surface area contributed by atoms with Crippen molar-refractivity contribution in [2.24, 2.45) is 5.92 Å². The molecular weight excluding hydrogens is 236 g/mol. The molecule has 0 bridgehead atoms. The summed E-state index contributed by atoms with van der Waals surface area (Å²) >= 11 is 0. The lowest BCUT2D eigenvalue weighted by molar-refractivity contribution is 0.264. The van der Waals surface area contributed by atoms with Gasteiger partial charge in [-0.25, -0.2) is 0 Å². The molecule has 1 aromatic carbocycles. The van der Waals surface area contributed by atoms with Crippen molar-refractivity contribution in [2.45, 2.75) is 39.5 Å². The highest BCUT2D eigenvalue weighted by Gasteiger charge is 2.23. The summed E-state index contributed by atoms with van der Waals surface area (Å²) in [6, 6.07) is 8.84. The van der Waals surface area contributed by atoms with Crippen LogP contribution in [0.25, 0.3) is 0 Å². The van der Waals surface area contributed by atoms with Crippen LogP contribution in [0.4, 0.5) is 0 Å². The Balaban J connectivity index is 1.69. The van der Waals surface area contributed by atoms with Crippen molar-refractivity contribution in [3.8, 4) is 0 Å². The van der Waals surface area contributed by atoms with Gasteiger partial charge in [-0.05, 0) is 50.4 Å². The smallest absolute Gasteiger partial charge is 0.0681 e. The number of benzene rings is 1. The van der Waals surface area contributed by atoms with Gasteiger partial charge < -0.3 is 15.3 Å². The molecule has 0 spiro atoms. The second-order valence-electron chi connectivity index (χ2n) is 5.85. The Morgan fingerprint density at radius 1 is 1.26 bits per heavy atom. The first-order valence-corrected chi connectivity index (χ1v) is 7.32. The van der Waals surface area contributed by atoms with Gasteiger partial charge in [-0.2, -0.15) is 0 Å². The average molecular weight is 262 g/mol. The standard InChI is InChI=1S/C16H26N2O/c1-13(2)18-8-7-16(11-18)10-17-9-14-3-5-15(12-19)6-4-14/h3-6,13,16-17,19H,7-12H2,1-2H3. The molecule has 0 amide bonds. The van der Waals surface area contributed by atoms with Crippen LogP contribution in [0.5, 0.6) is 0 Å². The molecule has 1 unspecified atom stereocenters. The number of aliphatic hydroxyl groups excluding tert-OH is 1. The second-order valence-corrected chi connectivity index (χ2v) is 5.85. The number of nitrogens with one attached hydrogen (secondary N) is 1. The monoisotopic (exact) mass is 262 g/mol. The van der Waals surface area contributed by atoms with Gasteiger partial charge in [0, 0.05) is 19.1 Å². The summed E-state index contributed by atoms with van der Waals surface area (Å²) in [4.78, 5) is 2.56. The highest BCUT2D eigenvalue weighted by atomic mass is 16.3. The van der Waals surface area contributed by atoms with Gasteiger partial charge in [0.2, 0.25) is 0 Å². The molecular formula is C16H26N2O. The number of rotatable bonds is 6. The molecule has 1 aliphatic heterocycles. The van der Waals surface area contributed by atoms with Gasteiger partial charge in [-0.15, -0.1) is 0 Å². The topological polar surface area (TPSA) is 35.5 Å². The van der Waals surface area contributed by atoms with Gasteiger partial charge in [0.1, 0.15) is 0 Å². The molecule has 2 N–H and O–H groups in total. The number of hydrogen-bond donors (Lipinski definition) is 2. The fourth-order valence-electron chi connectivity index (χ4n) is 2.68. The average Bonchev–Trinajstić information content (AvgIpc) is 2.89. The highest BCUT2D eigenvalue weighted by Crippen LogP contribution is 2.17. The molecule has 0 saturated carbocycles. The van der Waals surface area contributed by atoms with Crippen LogP contribution in [0.15, 0.2) is 24.3 Å². The quantitative estimate of drug-likeness (QED) is 0.823. The van der Waals surface area contributed by atoms with Crippen molar-refractivity contribution in [3.63, 3.8) is 0 Å². The van der Waals surface area contributed by atoms with E-state index in [-0.39, 0.29) is 6.61 Å². The van der Waals surface area contributed by atoms with E-state index in [2.05, 4.69) is 36.2 Å². The molecule has 2 rings (SSSR count). The van der Waals surface area contributed by atoms with Crippen LogP contribution in [0.2, 0.25) is 0 Å². The largest absolute Gasteiger partial charge is 0.392 e. The Morgan fingerprint density at radius 3 is 2.53 bits per heavy atom. The number of likely N-dealkylation sites (tertiary alicyclic amines) is 1. The molecule has 1 heterocycles.